The number of hydrogen-bond acceptors (Lipinski definition) is 6. The number of fused-ring (bicyclic) bond motifs is 1. The number of amides is 1. The van der Waals surface area contributed by atoms with E-state index in [2.05, 4.69) is 22.8 Å². The molecule has 0 fully saturated rings. The third-order valence-corrected chi connectivity index (χ3v) is 6.31. The van der Waals surface area contributed by atoms with Gasteiger partial charge in [-0.3, -0.25) is 0 Å². The zero-order chi connectivity index (χ0) is 26.7. The van der Waals surface area contributed by atoms with Crippen LogP contribution in [-0.2, 0) is 20.8 Å². The summed E-state index contributed by atoms with van der Waals surface area (Å²) in [4.78, 5) is 27.0. The van der Waals surface area contributed by atoms with Gasteiger partial charge in [0.25, 0.3) is 0 Å². The van der Waals surface area contributed by atoms with Crippen LogP contribution in [0.25, 0.3) is 16.5 Å². The monoisotopic (exact) mass is 506 g/mol. The SMILES string of the molecule is COC(=O)C1=C(c2ccc3ccn(Cc4cc(OC)cc(OC)c4)c3c2)CCN(C(=O)OC(C)(C)C)C1. The average Bonchev–Trinajstić information content (AvgIpc) is 3.28. The first-order valence-corrected chi connectivity index (χ1v) is 12.2. The summed E-state index contributed by atoms with van der Waals surface area (Å²) in [5.74, 6) is 1.02. The van der Waals surface area contributed by atoms with Gasteiger partial charge >= 0.3 is 12.1 Å². The van der Waals surface area contributed by atoms with Gasteiger partial charge in [0.2, 0.25) is 0 Å². The molecule has 1 amide bonds. The highest BCUT2D eigenvalue weighted by molar-refractivity contribution is 6.00. The van der Waals surface area contributed by atoms with Crippen molar-refractivity contribution in [2.24, 2.45) is 0 Å². The van der Waals surface area contributed by atoms with E-state index >= 15 is 0 Å². The highest BCUT2D eigenvalue weighted by atomic mass is 16.6. The van der Waals surface area contributed by atoms with E-state index in [9.17, 15) is 9.59 Å². The zero-order valence-corrected chi connectivity index (χ0v) is 22.3. The second-order valence-corrected chi connectivity index (χ2v) is 10.0. The van der Waals surface area contributed by atoms with Crippen LogP contribution in [0.2, 0.25) is 0 Å². The number of benzene rings is 2. The third kappa shape index (κ3) is 5.90. The minimum Gasteiger partial charge on any atom is -0.497 e. The Hall–Kier alpha value is -3.94. The molecule has 3 aromatic rings. The van der Waals surface area contributed by atoms with E-state index in [1.54, 1.807) is 19.1 Å². The van der Waals surface area contributed by atoms with Crippen LogP contribution in [0.1, 0.15) is 38.3 Å². The smallest absolute Gasteiger partial charge is 0.410 e. The summed E-state index contributed by atoms with van der Waals surface area (Å²) in [6.07, 6.45) is 2.12. The molecule has 0 unspecified atom stereocenters. The maximum atomic E-state index is 12.8. The van der Waals surface area contributed by atoms with Crippen molar-refractivity contribution in [3.63, 3.8) is 0 Å². The number of esters is 1. The molecule has 1 aromatic heterocycles. The van der Waals surface area contributed by atoms with Crippen LogP contribution < -0.4 is 9.47 Å². The van der Waals surface area contributed by atoms with Crippen LogP contribution >= 0.6 is 0 Å². The van der Waals surface area contributed by atoms with Crippen molar-refractivity contribution in [1.82, 2.24) is 9.47 Å². The molecule has 37 heavy (non-hydrogen) atoms. The average molecular weight is 507 g/mol. The predicted octanol–water partition coefficient (Wildman–Crippen LogP) is 5.27. The number of carbonyl (C=O) groups excluding carboxylic acids is 2. The summed E-state index contributed by atoms with van der Waals surface area (Å²) in [7, 11) is 4.63. The van der Waals surface area contributed by atoms with Crippen molar-refractivity contribution in [3.05, 3.63) is 65.4 Å². The van der Waals surface area contributed by atoms with Crippen LogP contribution in [0.3, 0.4) is 0 Å². The minimum absolute atomic E-state index is 0.138. The molecule has 0 saturated heterocycles. The maximum Gasteiger partial charge on any atom is 0.410 e. The first kappa shape index (κ1) is 26.1. The van der Waals surface area contributed by atoms with Gasteiger partial charge in [0.05, 0.1) is 33.4 Å². The van der Waals surface area contributed by atoms with E-state index in [1.807, 2.05) is 51.2 Å². The molecule has 1 aliphatic heterocycles. The Bertz CT molecular complexity index is 1330. The Kier molecular flexibility index (Phi) is 7.47. The number of methoxy groups -OCH3 is 3. The Balaban J connectivity index is 1.68. The van der Waals surface area contributed by atoms with Crippen LogP contribution in [0, 0.1) is 0 Å². The van der Waals surface area contributed by atoms with Gasteiger partial charge in [-0.05, 0) is 73.5 Å². The molecule has 0 bridgehead atoms. The fourth-order valence-electron chi connectivity index (χ4n) is 4.54. The van der Waals surface area contributed by atoms with E-state index in [0.717, 1.165) is 39.1 Å². The highest BCUT2D eigenvalue weighted by Crippen LogP contribution is 2.32. The van der Waals surface area contributed by atoms with Crippen molar-refractivity contribution < 1.29 is 28.5 Å². The predicted molar refractivity (Wildman–Crippen MR) is 142 cm³/mol. The number of nitrogens with zero attached hydrogens (tertiary/aromatic N) is 2. The number of hydrogen-bond donors (Lipinski definition) is 0. The van der Waals surface area contributed by atoms with E-state index in [-0.39, 0.29) is 6.54 Å². The zero-order valence-electron chi connectivity index (χ0n) is 22.3. The molecule has 1 aliphatic rings. The standard InChI is InChI=1S/C29H34N2O6/c1-29(2,3)37-28(33)31-12-10-24(25(18-31)27(32)36-6)21-8-7-20-9-11-30(26(20)15-21)17-19-13-22(34-4)16-23(14-19)35-5/h7-9,11,13-16H,10,12,17-18H2,1-6H3. The van der Waals surface area contributed by atoms with E-state index < -0.39 is 17.7 Å². The molecule has 4 rings (SSSR count). The largest absolute Gasteiger partial charge is 0.497 e. The fourth-order valence-corrected chi connectivity index (χ4v) is 4.54. The van der Waals surface area contributed by atoms with Crippen LogP contribution in [-0.4, -0.2) is 61.5 Å². The lowest BCUT2D eigenvalue weighted by Crippen LogP contribution is -2.41. The Labute approximate surface area is 217 Å². The molecule has 0 spiro atoms. The maximum absolute atomic E-state index is 12.8. The quantitative estimate of drug-likeness (QED) is 0.424. The molecular weight excluding hydrogens is 472 g/mol. The minimum atomic E-state index is -0.615. The fraction of sp³-hybridized carbons (Fsp3) is 0.379. The molecule has 8 nitrogen and oxygen atoms in total. The van der Waals surface area contributed by atoms with Crippen LogP contribution in [0.4, 0.5) is 4.79 Å². The Morgan fingerprint density at radius 3 is 2.27 bits per heavy atom. The van der Waals surface area contributed by atoms with Crippen molar-refractivity contribution in [1.29, 1.82) is 0 Å². The second-order valence-electron chi connectivity index (χ2n) is 10.0. The molecule has 0 N–H and O–H groups in total. The first-order chi connectivity index (χ1) is 17.6. The molecule has 0 saturated carbocycles. The summed E-state index contributed by atoms with van der Waals surface area (Å²) >= 11 is 0. The number of rotatable bonds is 6. The van der Waals surface area contributed by atoms with Gasteiger partial charge in [-0.2, -0.15) is 0 Å². The third-order valence-electron chi connectivity index (χ3n) is 6.31. The molecule has 196 valence electrons. The van der Waals surface area contributed by atoms with Gasteiger partial charge in [0.1, 0.15) is 17.1 Å². The van der Waals surface area contributed by atoms with Gasteiger partial charge in [-0.25, -0.2) is 9.59 Å². The molecule has 2 heterocycles. The summed E-state index contributed by atoms with van der Waals surface area (Å²) in [6.45, 7) is 6.68. The van der Waals surface area contributed by atoms with Crippen molar-refractivity contribution >= 4 is 28.5 Å². The molecule has 0 aliphatic carbocycles. The van der Waals surface area contributed by atoms with Crippen LogP contribution in [0.15, 0.2) is 54.2 Å². The van der Waals surface area contributed by atoms with Gasteiger partial charge in [-0.15, -0.1) is 0 Å². The molecule has 2 aromatic carbocycles. The first-order valence-electron chi connectivity index (χ1n) is 12.2. The molecule has 0 radical (unpaired) electrons. The van der Waals surface area contributed by atoms with Gasteiger partial charge < -0.3 is 28.4 Å². The van der Waals surface area contributed by atoms with Gasteiger partial charge in [0, 0.05) is 30.9 Å². The topological polar surface area (TPSA) is 79.2 Å². The second kappa shape index (κ2) is 10.6. The number of ether oxygens (including phenoxy) is 4. The summed E-state index contributed by atoms with van der Waals surface area (Å²) < 4.78 is 23.6. The molecular formula is C29H34N2O6. The Morgan fingerprint density at radius 2 is 1.65 bits per heavy atom. The van der Waals surface area contributed by atoms with Crippen molar-refractivity contribution in [2.45, 2.75) is 39.3 Å². The van der Waals surface area contributed by atoms with E-state index in [4.69, 9.17) is 18.9 Å². The lowest BCUT2D eigenvalue weighted by atomic mass is 9.93. The normalized spacial score (nSPS) is 14.1. The highest BCUT2D eigenvalue weighted by Gasteiger charge is 2.30. The van der Waals surface area contributed by atoms with Crippen LogP contribution in [0.5, 0.6) is 11.5 Å². The summed E-state index contributed by atoms with van der Waals surface area (Å²) in [6, 6.07) is 14.0. The number of carbonyl (C=O) groups is 2. The lowest BCUT2D eigenvalue weighted by molar-refractivity contribution is -0.136. The van der Waals surface area contributed by atoms with Crippen molar-refractivity contribution in [3.8, 4) is 11.5 Å². The lowest BCUT2D eigenvalue weighted by Gasteiger charge is -2.32. The molecule has 8 heteroatoms. The van der Waals surface area contributed by atoms with E-state index in [1.165, 1.54) is 7.11 Å². The summed E-state index contributed by atoms with van der Waals surface area (Å²) in [5, 5.41) is 1.09. The Morgan fingerprint density at radius 1 is 0.946 bits per heavy atom. The van der Waals surface area contributed by atoms with Crippen molar-refractivity contribution in [2.75, 3.05) is 34.4 Å². The van der Waals surface area contributed by atoms with Gasteiger partial charge in [0.15, 0.2) is 0 Å². The summed E-state index contributed by atoms with van der Waals surface area (Å²) in [5.41, 5.74) is 3.74. The van der Waals surface area contributed by atoms with Gasteiger partial charge in [-0.1, -0.05) is 12.1 Å². The van der Waals surface area contributed by atoms with E-state index in [0.29, 0.717) is 25.1 Å². The number of aromatic nitrogens is 1. The molecule has 0 atom stereocenters.